The van der Waals surface area contributed by atoms with Gasteiger partial charge in [0.25, 0.3) is 0 Å². The van der Waals surface area contributed by atoms with Gasteiger partial charge in [-0.25, -0.2) is 8.42 Å². The van der Waals surface area contributed by atoms with E-state index >= 15 is 0 Å². The van der Waals surface area contributed by atoms with E-state index in [-0.39, 0.29) is 5.75 Å². The molecule has 1 aromatic carbocycles. The van der Waals surface area contributed by atoms with Gasteiger partial charge in [-0.3, -0.25) is 0 Å². The largest absolute Gasteiger partial charge is 0.486 e. The van der Waals surface area contributed by atoms with Gasteiger partial charge in [0.15, 0.2) is 11.5 Å². The predicted molar refractivity (Wildman–Crippen MR) is 65.7 cm³/mol. The second-order valence-corrected chi connectivity index (χ2v) is 6.67. The molecule has 0 fully saturated rings. The van der Waals surface area contributed by atoms with Gasteiger partial charge < -0.3 is 9.47 Å². The molecular formula is C11H13ClO4S. The van der Waals surface area contributed by atoms with Gasteiger partial charge in [-0.1, -0.05) is 6.07 Å². The van der Waals surface area contributed by atoms with Crippen LogP contribution in [0.4, 0.5) is 0 Å². The van der Waals surface area contributed by atoms with Gasteiger partial charge in [-0.2, -0.15) is 0 Å². The molecule has 0 radical (unpaired) electrons. The number of halogens is 1. The van der Waals surface area contributed by atoms with E-state index in [1.165, 1.54) is 6.26 Å². The number of fused-ring (bicyclic) bond motifs is 1. The SMILES string of the molecule is CS(=O)(=O)CC(Cl)c1ccc2c(c1)OCCO2. The summed E-state index contributed by atoms with van der Waals surface area (Å²) < 4.78 is 33.1. The molecule has 4 nitrogen and oxygen atoms in total. The highest BCUT2D eigenvalue weighted by atomic mass is 35.5. The lowest BCUT2D eigenvalue weighted by molar-refractivity contribution is 0.171. The Morgan fingerprint density at radius 3 is 2.59 bits per heavy atom. The fourth-order valence-electron chi connectivity index (χ4n) is 1.62. The van der Waals surface area contributed by atoms with Crippen LogP contribution in [0.5, 0.6) is 11.5 Å². The fraction of sp³-hybridized carbons (Fsp3) is 0.455. The molecule has 0 aliphatic carbocycles. The molecule has 1 heterocycles. The summed E-state index contributed by atoms with van der Waals surface area (Å²) in [6, 6.07) is 5.25. The van der Waals surface area contributed by atoms with Crippen molar-refractivity contribution >= 4 is 21.4 Å². The fourth-order valence-corrected chi connectivity index (χ4v) is 3.16. The zero-order valence-corrected chi connectivity index (χ0v) is 10.9. The normalized spacial score (nSPS) is 16.6. The minimum Gasteiger partial charge on any atom is -0.486 e. The first kappa shape index (κ1) is 12.5. The van der Waals surface area contributed by atoms with E-state index in [4.69, 9.17) is 21.1 Å². The summed E-state index contributed by atoms with van der Waals surface area (Å²) in [7, 11) is -3.10. The molecule has 1 aliphatic heterocycles. The van der Waals surface area contributed by atoms with E-state index in [2.05, 4.69) is 0 Å². The summed E-state index contributed by atoms with van der Waals surface area (Å²) in [5.74, 6) is 1.20. The van der Waals surface area contributed by atoms with E-state index in [0.29, 0.717) is 24.7 Å². The maximum absolute atomic E-state index is 11.2. The lowest BCUT2D eigenvalue weighted by Crippen LogP contribution is -2.16. The van der Waals surface area contributed by atoms with Gasteiger partial charge in [-0.05, 0) is 17.7 Å². The summed E-state index contributed by atoms with van der Waals surface area (Å²) in [5, 5.41) is -0.569. The summed E-state index contributed by atoms with van der Waals surface area (Å²) in [4.78, 5) is 0. The number of hydrogen-bond donors (Lipinski definition) is 0. The first-order chi connectivity index (χ1) is 7.96. The monoisotopic (exact) mass is 276 g/mol. The Labute approximate surface area is 105 Å². The average Bonchev–Trinajstić information content (AvgIpc) is 2.26. The van der Waals surface area contributed by atoms with Crippen molar-refractivity contribution in [2.24, 2.45) is 0 Å². The van der Waals surface area contributed by atoms with Gasteiger partial charge in [0, 0.05) is 6.26 Å². The number of alkyl halides is 1. The van der Waals surface area contributed by atoms with Crippen LogP contribution in [-0.2, 0) is 9.84 Å². The van der Waals surface area contributed by atoms with Crippen molar-refractivity contribution in [2.45, 2.75) is 5.38 Å². The molecular weight excluding hydrogens is 264 g/mol. The Bertz CT molecular complexity index is 512. The van der Waals surface area contributed by atoms with Crippen molar-refractivity contribution < 1.29 is 17.9 Å². The third-order valence-electron chi connectivity index (χ3n) is 2.38. The minimum atomic E-state index is -3.10. The number of sulfone groups is 1. The molecule has 6 heteroatoms. The maximum Gasteiger partial charge on any atom is 0.161 e. The van der Waals surface area contributed by atoms with Crippen LogP contribution in [0, 0.1) is 0 Å². The standard InChI is InChI=1S/C11H13ClO4S/c1-17(13,14)7-9(12)8-2-3-10-11(6-8)16-5-4-15-10/h2-3,6,9H,4-5,7H2,1H3. The number of benzene rings is 1. The van der Waals surface area contributed by atoms with E-state index in [1.807, 2.05) is 0 Å². The molecule has 0 saturated heterocycles. The highest BCUT2D eigenvalue weighted by molar-refractivity contribution is 7.90. The molecule has 0 aromatic heterocycles. The Morgan fingerprint density at radius 1 is 1.29 bits per heavy atom. The van der Waals surface area contributed by atoms with Crippen LogP contribution in [0.3, 0.4) is 0 Å². The van der Waals surface area contributed by atoms with Gasteiger partial charge in [0.2, 0.25) is 0 Å². The second-order valence-electron chi connectivity index (χ2n) is 3.96. The molecule has 1 aliphatic rings. The smallest absolute Gasteiger partial charge is 0.161 e. The first-order valence-electron chi connectivity index (χ1n) is 5.17. The van der Waals surface area contributed by atoms with E-state index < -0.39 is 15.2 Å². The van der Waals surface area contributed by atoms with E-state index in [0.717, 1.165) is 5.56 Å². The van der Waals surface area contributed by atoms with Gasteiger partial charge in [0.05, 0.1) is 11.1 Å². The first-order valence-corrected chi connectivity index (χ1v) is 7.67. The van der Waals surface area contributed by atoms with Crippen LogP contribution in [0.15, 0.2) is 18.2 Å². The Balaban J connectivity index is 2.22. The van der Waals surface area contributed by atoms with Crippen LogP contribution in [0.25, 0.3) is 0 Å². The zero-order valence-electron chi connectivity index (χ0n) is 9.35. The quantitative estimate of drug-likeness (QED) is 0.790. The Kier molecular flexibility index (Phi) is 3.49. The summed E-state index contributed by atoms with van der Waals surface area (Å²) >= 11 is 6.06. The summed E-state index contributed by atoms with van der Waals surface area (Å²) in [6.07, 6.45) is 1.17. The van der Waals surface area contributed by atoms with Crippen LogP contribution >= 0.6 is 11.6 Å². The third kappa shape index (κ3) is 3.26. The van der Waals surface area contributed by atoms with Crippen LogP contribution in [0.2, 0.25) is 0 Å². The average molecular weight is 277 g/mol. The molecule has 2 rings (SSSR count). The lowest BCUT2D eigenvalue weighted by atomic mass is 10.1. The van der Waals surface area contributed by atoms with Crippen molar-refractivity contribution in [3.63, 3.8) is 0 Å². The molecule has 1 unspecified atom stereocenters. The summed E-state index contributed by atoms with van der Waals surface area (Å²) in [5.41, 5.74) is 0.723. The van der Waals surface area contributed by atoms with Crippen molar-refractivity contribution in [3.8, 4) is 11.5 Å². The molecule has 1 atom stereocenters. The van der Waals surface area contributed by atoms with Crippen LogP contribution < -0.4 is 9.47 Å². The van der Waals surface area contributed by atoms with Crippen molar-refractivity contribution in [1.82, 2.24) is 0 Å². The van der Waals surface area contributed by atoms with E-state index in [1.54, 1.807) is 18.2 Å². The Morgan fingerprint density at radius 2 is 1.94 bits per heavy atom. The molecule has 17 heavy (non-hydrogen) atoms. The highest BCUT2D eigenvalue weighted by Crippen LogP contribution is 2.34. The second kappa shape index (κ2) is 4.74. The number of hydrogen-bond acceptors (Lipinski definition) is 4. The number of ether oxygens (including phenoxy) is 2. The van der Waals surface area contributed by atoms with Gasteiger partial charge in [-0.15, -0.1) is 11.6 Å². The highest BCUT2D eigenvalue weighted by Gasteiger charge is 2.18. The van der Waals surface area contributed by atoms with Crippen molar-refractivity contribution in [2.75, 3.05) is 25.2 Å². The van der Waals surface area contributed by atoms with Crippen LogP contribution in [-0.4, -0.2) is 33.6 Å². The minimum absolute atomic E-state index is 0.0891. The zero-order chi connectivity index (χ0) is 12.5. The molecule has 0 bridgehead atoms. The van der Waals surface area contributed by atoms with Crippen LogP contribution in [0.1, 0.15) is 10.9 Å². The lowest BCUT2D eigenvalue weighted by Gasteiger charge is -2.19. The molecule has 0 N–H and O–H groups in total. The van der Waals surface area contributed by atoms with Gasteiger partial charge in [0.1, 0.15) is 23.1 Å². The Hall–Kier alpha value is -0.940. The molecule has 0 amide bonds. The molecule has 0 spiro atoms. The molecule has 0 saturated carbocycles. The molecule has 94 valence electrons. The van der Waals surface area contributed by atoms with Crippen molar-refractivity contribution in [3.05, 3.63) is 23.8 Å². The van der Waals surface area contributed by atoms with Crippen molar-refractivity contribution in [1.29, 1.82) is 0 Å². The predicted octanol–water partition coefficient (Wildman–Crippen LogP) is 1.78. The topological polar surface area (TPSA) is 52.6 Å². The van der Waals surface area contributed by atoms with Gasteiger partial charge >= 0.3 is 0 Å². The maximum atomic E-state index is 11.2. The molecule has 1 aromatic rings. The summed E-state index contributed by atoms with van der Waals surface area (Å²) in [6.45, 7) is 1.02. The third-order valence-corrected chi connectivity index (χ3v) is 3.91. The van der Waals surface area contributed by atoms with E-state index in [9.17, 15) is 8.42 Å². The number of rotatable bonds is 3.